The molecule has 24 heavy (non-hydrogen) atoms. The van der Waals surface area contributed by atoms with E-state index in [0.717, 1.165) is 32.4 Å². The van der Waals surface area contributed by atoms with E-state index < -0.39 is 12.6 Å². The number of nitrogens with one attached hydrogen (secondary N) is 2. The van der Waals surface area contributed by atoms with Crippen LogP contribution in [0.25, 0.3) is 0 Å². The highest BCUT2D eigenvalue weighted by Gasteiger charge is 2.26. The second-order valence-corrected chi connectivity index (χ2v) is 5.69. The van der Waals surface area contributed by atoms with Crippen molar-refractivity contribution in [3.05, 3.63) is 0 Å². The first-order valence-corrected chi connectivity index (χ1v) is 7.85. The first kappa shape index (κ1) is 23.2. The summed E-state index contributed by atoms with van der Waals surface area (Å²) in [7, 11) is 1.52. The molecule has 1 amide bonds. The first-order valence-electron chi connectivity index (χ1n) is 7.85. The molecule has 1 heterocycles. The molecule has 1 saturated heterocycles. The molecule has 142 valence electrons. The van der Waals surface area contributed by atoms with Crippen LogP contribution in [0.15, 0.2) is 4.99 Å². The fourth-order valence-corrected chi connectivity index (χ4v) is 2.54. The molecule has 10 heteroatoms. The average Bonchev–Trinajstić information content (AvgIpc) is 2.48. The fraction of sp³-hybridized carbons (Fsp3) is 0.857. The lowest BCUT2D eigenvalue weighted by molar-refractivity contribution is -0.132. The summed E-state index contributed by atoms with van der Waals surface area (Å²) in [6.45, 7) is 2.85. The highest BCUT2D eigenvalue weighted by molar-refractivity contribution is 14.0. The molecule has 0 spiro atoms. The lowest BCUT2D eigenvalue weighted by Crippen LogP contribution is -2.43. The van der Waals surface area contributed by atoms with Crippen molar-refractivity contribution in [2.45, 2.75) is 31.9 Å². The zero-order valence-corrected chi connectivity index (χ0v) is 16.2. The summed E-state index contributed by atoms with van der Waals surface area (Å²) in [6, 6.07) is 0. The Hall–Kier alpha value is -0.780. The molecule has 1 fully saturated rings. The number of hydrogen-bond acceptors (Lipinski definition) is 3. The molecule has 1 unspecified atom stereocenters. The molecule has 6 nitrogen and oxygen atoms in total. The normalized spacial score (nSPS) is 19.5. The number of carbonyl (C=O) groups excluding carboxylic acids is 1. The molecule has 4 N–H and O–H groups in total. The molecule has 0 saturated carbocycles. The Morgan fingerprint density at radius 2 is 2.00 bits per heavy atom. The number of guanidine groups is 1. The third kappa shape index (κ3) is 10.2. The van der Waals surface area contributed by atoms with E-state index in [2.05, 4.69) is 20.5 Å². The fourth-order valence-electron chi connectivity index (χ4n) is 2.54. The molecule has 0 radical (unpaired) electrons. The van der Waals surface area contributed by atoms with E-state index in [0.29, 0.717) is 19.0 Å². The smallest absolute Gasteiger partial charge is 0.369 e. The van der Waals surface area contributed by atoms with Gasteiger partial charge in [-0.3, -0.25) is 9.79 Å². The van der Waals surface area contributed by atoms with Crippen LogP contribution in [0.3, 0.4) is 0 Å². The standard InChI is InChI=1S/C14H26F3N5O.HI/c1-19-13(21-7-5-14(15,16)17)20-6-3-9-22-8-2-4-11(10-22)12(18)23;/h11H,2-10H2,1H3,(H2,18,23)(H2,19,20,21);1H. The van der Waals surface area contributed by atoms with Gasteiger partial charge in [0.1, 0.15) is 0 Å². The van der Waals surface area contributed by atoms with E-state index >= 15 is 0 Å². The van der Waals surface area contributed by atoms with Crippen molar-refractivity contribution in [3.63, 3.8) is 0 Å². The minimum Gasteiger partial charge on any atom is -0.369 e. The molecule has 1 rings (SSSR count). The maximum atomic E-state index is 12.1. The number of aliphatic imine (C=N–C) groups is 1. The van der Waals surface area contributed by atoms with Gasteiger partial charge in [0.05, 0.1) is 12.3 Å². The number of carbonyl (C=O) groups is 1. The SMILES string of the molecule is CN=C(NCCCN1CCCC(C(N)=O)C1)NCCC(F)(F)F.I. The van der Waals surface area contributed by atoms with Crippen LogP contribution in [0.5, 0.6) is 0 Å². The van der Waals surface area contributed by atoms with Crippen molar-refractivity contribution in [1.29, 1.82) is 0 Å². The Balaban J connectivity index is 0.00000529. The highest BCUT2D eigenvalue weighted by Crippen LogP contribution is 2.18. The molecule has 0 aromatic carbocycles. The summed E-state index contributed by atoms with van der Waals surface area (Å²) in [5.41, 5.74) is 5.34. The molecule has 0 bridgehead atoms. The zero-order chi connectivity index (χ0) is 17.3. The molecule has 1 aliphatic rings. The molecule has 1 atom stereocenters. The van der Waals surface area contributed by atoms with Crippen LogP contribution in [0, 0.1) is 5.92 Å². The number of nitrogens with two attached hydrogens (primary N) is 1. The summed E-state index contributed by atoms with van der Waals surface area (Å²) in [5, 5.41) is 5.61. The number of halogens is 4. The second kappa shape index (κ2) is 11.7. The third-order valence-electron chi connectivity index (χ3n) is 3.78. The van der Waals surface area contributed by atoms with Gasteiger partial charge in [0.25, 0.3) is 0 Å². The molecule has 0 aromatic rings. The third-order valence-corrected chi connectivity index (χ3v) is 3.78. The highest BCUT2D eigenvalue weighted by atomic mass is 127. The van der Waals surface area contributed by atoms with E-state index in [1.165, 1.54) is 7.05 Å². The molecule has 1 aliphatic heterocycles. The minimum atomic E-state index is -4.17. The van der Waals surface area contributed by atoms with Gasteiger partial charge in [0, 0.05) is 26.7 Å². The number of likely N-dealkylation sites (tertiary alicyclic amines) is 1. The van der Waals surface area contributed by atoms with Gasteiger partial charge in [-0.25, -0.2) is 0 Å². The topological polar surface area (TPSA) is 82.8 Å². The van der Waals surface area contributed by atoms with Crippen molar-refractivity contribution in [2.24, 2.45) is 16.6 Å². The Bertz CT molecular complexity index is 406. The number of nitrogens with zero attached hydrogens (tertiary/aromatic N) is 2. The van der Waals surface area contributed by atoms with Crippen LogP contribution in [0.1, 0.15) is 25.7 Å². The molecular weight excluding hydrogens is 438 g/mol. The van der Waals surface area contributed by atoms with Crippen LogP contribution in [0.4, 0.5) is 13.2 Å². The van der Waals surface area contributed by atoms with Gasteiger partial charge in [0.2, 0.25) is 5.91 Å². The monoisotopic (exact) mass is 465 g/mol. The Morgan fingerprint density at radius 1 is 1.33 bits per heavy atom. The summed E-state index contributed by atoms with van der Waals surface area (Å²) in [4.78, 5) is 17.3. The lowest BCUT2D eigenvalue weighted by Gasteiger charge is -2.31. The van der Waals surface area contributed by atoms with E-state index in [1.54, 1.807) is 0 Å². The van der Waals surface area contributed by atoms with Crippen molar-refractivity contribution >= 4 is 35.8 Å². The molecule has 0 aromatic heterocycles. The van der Waals surface area contributed by atoms with Gasteiger partial charge in [-0.1, -0.05) is 0 Å². The molecule has 0 aliphatic carbocycles. The van der Waals surface area contributed by atoms with Crippen LogP contribution in [0.2, 0.25) is 0 Å². The summed E-state index contributed by atoms with van der Waals surface area (Å²) < 4.78 is 36.2. The van der Waals surface area contributed by atoms with E-state index in [9.17, 15) is 18.0 Å². The lowest BCUT2D eigenvalue weighted by atomic mass is 9.97. The first-order chi connectivity index (χ1) is 10.8. The van der Waals surface area contributed by atoms with Crippen molar-refractivity contribution in [3.8, 4) is 0 Å². The van der Waals surface area contributed by atoms with Crippen molar-refractivity contribution < 1.29 is 18.0 Å². The summed E-state index contributed by atoms with van der Waals surface area (Å²) in [5.74, 6) is 0.0403. The summed E-state index contributed by atoms with van der Waals surface area (Å²) in [6.07, 6.45) is -2.44. The number of rotatable bonds is 7. The molecular formula is C14H27F3IN5O. The van der Waals surface area contributed by atoms with E-state index in [4.69, 9.17) is 5.73 Å². The number of hydrogen-bond donors (Lipinski definition) is 3. The van der Waals surface area contributed by atoms with Gasteiger partial charge >= 0.3 is 6.18 Å². The van der Waals surface area contributed by atoms with Gasteiger partial charge in [-0.05, 0) is 32.4 Å². The Labute approximate surface area is 157 Å². The Kier molecular flexibility index (Phi) is 11.3. The van der Waals surface area contributed by atoms with E-state index in [1.807, 2.05) is 0 Å². The predicted octanol–water partition coefficient (Wildman–Crippen LogP) is 1.31. The number of alkyl halides is 3. The van der Waals surface area contributed by atoms with Crippen LogP contribution in [-0.4, -0.2) is 62.7 Å². The Morgan fingerprint density at radius 3 is 2.58 bits per heavy atom. The quantitative estimate of drug-likeness (QED) is 0.229. The van der Waals surface area contributed by atoms with Crippen LogP contribution < -0.4 is 16.4 Å². The maximum Gasteiger partial charge on any atom is 0.390 e. The maximum absolute atomic E-state index is 12.1. The average molecular weight is 465 g/mol. The predicted molar refractivity (Wildman–Crippen MR) is 98.4 cm³/mol. The van der Waals surface area contributed by atoms with Crippen LogP contribution in [-0.2, 0) is 4.79 Å². The zero-order valence-electron chi connectivity index (χ0n) is 13.9. The number of piperidine rings is 1. The number of amides is 1. The van der Waals surface area contributed by atoms with Crippen molar-refractivity contribution in [2.75, 3.05) is 39.8 Å². The summed E-state index contributed by atoms with van der Waals surface area (Å²) >= 11 is 0. The van der Waals surface area contributed by atoms with Crippen LogP contribution >= 0.6 is 24.0 Å². The van der Waals surface area contributed by atoms with Gasteiger partial charge in [0.15, 0.2) is 5.96 Å². The largest absolute Gasteiger partial charge is 0.390 e. The minimum absolute atomic E-state index is 0. The number of primary amides is 1. The van der Waals surface area contributed by atoms with E-state index in [-0.39, 0.29) is 42.3 Å². The van der Waals surface area contributed by atoms with Gasteiger partial charge in [-0.2, -0.15) is 13.2 Å². The second-order valence-electron chi connectivity index (χ2n) is 5.69. The van der Waals surface area contributed by atoms with Crippen molar-refractivity contribution in [1.82, 2.24) is 15.5 Å². The van der Waals surface area contributed by atoms with Gasteiger partial charge in [-0.15, -0.1) is 24.0 Å². The van der Waals surface area contributed by atoms with Gasteiger partial charge < -0.3 is 21.3 Å².